The van der Waals surface area contributed by atoms with Gasteiger partial charge in [0.15, 0.2) is 0 Å². The van der Waals surface area contributed by atoms with Crippen LogP contribution in [0.1, 0.15) is 28.3 Å². The number of nitrogens with one attached hydrogen (secondary N) is 1. The van der Waals surface area contributed by atoms with E-state index in [2.05, 4.69) is 38.4 Å². The van der Waals surface area contributed by atoms with Gasteiger partial charge in [0.2, 0.25) is 0 Å². The van der Waals surface area contributed by atoms with Crippen LogP contribution in [-0.4, -0.2) is 26.2 Å². The molecular formula is C14H23NOS. The van der Waals surface area contributed by atoms with E-state index in [4.69, 9.17) is 4.74 Å². The van der Waals surface area contributed by atoms with E-state index in [0.717, 1.165) is 11.5 Å². The van der Waals surface area contributed by atoms with Gasteiger partial charge in [0.05, 0.1) is 7.11 Å². The Hall–Kier alpha value is -0.670. The lowest BCUT2D eigenvalue weighted by Gasteiger charge is -2.23. The Balaban J connectivity index is 3.28. The molecule has 1 atom stereocenters. The minimum atomic E-state index is 0.412. The fourth-order valence-corrected chi connectivity index (χ4v) is 2.96. The first-order valence-corrected chi connectivity index (χ1v) is 7.27. The Morgan fingerprint density at radius 3 is 2.41 bits per heavy atom. The van der Waals surface area contributed by atoms with Crippen molar-refractivity contribution in [3.05, 3.63) is 28.3 Å². The summed E-state index contributed by atoms with van der Waals surface area (Å²) in [7, 11) is 3.76. The summed E-state index contributed by atoms with van der Waals surface area (Å²) < 4.78 is 5.41. The maximum atomic E-state index is 5.41. The van der Waals surface area contributed by atoms with E-state index in [0.29, 0.717) is 6.04 Å². The van der Waals surface area contributed by atoms with Crippen LogP contribution < -0.4 is 10.1 Å². The summed E-state index contributed by atoms with van der Waals surface area (Å²) in [6, 6.07) is 2.55. The van der Waals surface area contributed by atoms with Crippen LogP contribution in [0, 0.1) is 20.8 Å². The lowest BCUT2D eigenvalue weighted by atomic mass is 9.93. The highest BCUT2D eigenvalue weighted by Crippen LogP contribution is 2.32. The van der Waals surface area contributed by atoms with Gasteiger partial charge in [0.1, 0.15) is 5.75 Å². The molecule has 0 saturated carbocycles. The highest BCUT2D eigenvalue weighted by atomic mass is 32.2. The average molecular weight is 253 g/mol. The predicted molar refractivity (Wildman–Crippen MR) is 77.4 cm³/mol. The van der Waals surface area contributed by atoms with Gasteiger partial charge in [0, 0.05) is 11.8 Å². The van der Waals surface area contributed by atoms with Gasteiger partial charge >= 0.3 is 0 Å². The van der Waals surface area contributed by atoms with Gasteiger partial charge in [-0.2, -0.15) is 11.8 Å². The molecule has 1 rings (SSSR count). The van der Waals surface area contributed by atoms with Crippen LogP contribution in [0.2, 0.25) is 0 Å². The smallest absolute Gasteiger partial charge is 0.122 e. The van der Waals surface area contributed by atoms with Crippen LogP contribution in [0.15, 0.2) is 6.07 Å². The van der Waals surface area contributed by atoms with Crippen molar-refractivity contribution in [1.82, 2.24) is 5.32 Å². The monoisotopic (exact) mass is 253 g/mol. The number of ether oxygens (including phenoxy) is 1. The zero-order valence-electron chi connectivity index (χ0n) is 11.7. The quantitative estimate of drug-likeness (QED) is 0.870. The number of methoxy groups -OCH3 is 1. The van der Waals surface area contributed by atoms with Crippen molar-refractivity contribution >= 4 is 11.8 Å². The molecule has 1 unspecified atom stereocenters. The first-order chi connectivity index (χ1) is 8.06. The van der Waals surface area contributed by atoms with Gasteiger partial charge in [-0.3, -0.25) is 0 Å². The molecule has 0 fully saturated rings. The van der Waals surface area contributed by atoms with Gasteiger partial charge in [0.25, 0.3) is 0 Å². The van der Waals surface area contributed by atoms with Gasteiger partial charge < -0.3 is 10.1 Å². The zero-order valence-corrected chi connectivity index (χ0v) is 12.5. The fourth-order valence-electron chi connectivity index (χ4n) is 2.29. The number of hydrogen-bond donors (Lipinski definition) is 1. The molecule has 0 radical (unpaired) electrons. The van der Waals surface area contributed by atoms with E-state index in [1.54, 1.807) is 7.11 Å². The Morgan fingerprint density at radius 1 is 1.29 bits per heavy atom. The third kappa shape index (κ3) is 2.96. The lowest BCUT2D eigenvalue weighted by molar-refractivity contribution is 0.410. The molecule has 0 spiro atoms. The van der Waals surface area contributed by atoms with E-state index in [9.17, 15) is 0 Å². The summed E-state index contributed by atoms with van der Waals surface area (Å²) >= 11 is 1.87. The molecule has 0 heterocycles. The highest BCUT2D eigenvalue weighted by Gasteiger charge is 2.17. The van der Waals surface area contributed by atoms with Crippen molar-refractivity contribution in [3.8, 4) is 5.75 Å². The molecule has 0 amide bonds. The van der Waals surface area contributed by atoms with Crippen LogP contribution in [0.3, 0.4) is 0 Å². The molecule has 0 bridgehead atoms. The van der Waals surface area contributed by atoms with Gasteiger partial charge in [-0.05, 0) is 62.4 Å². The van der Waals surface area contributed by atoms with Gasteiger partial charge in [-0.15, -0.1) is 0 Å². The average Bonchev–Trinajstić information content (AvgIpc) is 2.32. The Labute approximate surface area is 109 Å². The van der Waals surface area contributed by atoms with Crippen molar-refractivity contribution in [2.75, 3.05) is 26.2 Å². The summed E-state index contributed by atoms with van der Waals surface area (Å²) in [5, 5.41) is 3.40. The summed E-state index contributed by atoms with van der Waals surface area (Å²) in [6.45, 7) is 6.47. The third-order valence-corrected chi connectivity index (χ3v) is 4.03. The fraction of sp³-hybridized carbons (Fsp3) is 0.571. The number of benzene rings is 1. The van der Waals surface area contributed by atoms with E-state index in [1.165, 1.54) is 22.3 Å². The first-order valence-electron chi connectivity index (χ1n) is 5.87. The SMILES string of the molecule is CNC(CSC)c1c(C)cc(OC)c(C)c1C. The standard InChI is InChI=1S/C14H23NOS/c1-9-7-13(16-5)10(2)11(3)14(9)12(15-4)8-17-6/h7,12,15H,8H2,1-6H3. The van der Waals surface area contributed by atoms with E-state index >= 15 is 0 Å². The first kappa shape index (κ1) is 14.4. The molecular weight excluding hydrogens is 230 g/mol. The number of aryl methyl sites for hydroxylation is 1. The molecule has 96 valence electrons. The molecule has 3 heteroatoms. The van der Waals surface area contributed by atoms with Gasteiger partial charge in [-0.25, -0.2) is 0 Å². The van der Waals surface area contributed by atoms with E-state index in [-0.39, 0.29) is 0 Å². The Bertz CT molecular complexity index is 390. The molecule has 1 aromatic carbocycles. The second-order valence-electron chi connectivity index (χ2n) is 4.36. The minimum Gasteiger partial charge on any atom is -0.496 e. The summed E-state index contributed by atoms with van der Waals surface area (Å²) in [4.78, 5) is 0. The zero-order chi connectivity index (χ0) is 13.0. The molecule has 17 heavy (non-hydrogen) atoms. The topological polar surface area (TPSA) is 21.3 Å². The van der Waals surface area contributed by atoms with Crippen molar-refractivity contribution in [2.24, 2.45) is 0 Å². The van der Waals surface area contributed by atoms with Crippen molar-refractivity contribution < 1.29 is 4.74 Å². The molecule has 0 saturated heterocycles. The summed E-state index contributed by atoms with van der Waals surface area (Å²) in [5.74, 6) is 2.08. The Kier molecular flexibility index (Phi) is 5.34. The van der Waals surface area contributed by atoms with Crippen LogP contribution >= 0.6 is 11.8 Å². The van der Waals surface area contributed by atoms with Crippen LogP contribution in [0.25, 0.3) is 0 Å². The molecule has 2 nitrogen and oxygen atoms in total. The number of hydrogen-bond acceptors (Lipinski definition) is 3. The second-order valence-corrected chi connectivity index (χ2v) is 5.27. The molecule has 1 aromatic rings. The molecule has 0 aromatic heterocycles. The lowest BCUT2D eigenvalue weighted by Crippen LogP contribution is -2.21. The summed E-state index contributed by atoms with van der Waals surface area (Å²) in [6.07, 6.45) is 2.14. The molecule has 0 aliphatic heterocycles. The van der Waals surface area contributed by atoms with Crippen molar-refractivity contribution in [3.63, 3.8) is 0 Å². The highest BCUT2D eigenvalue weighted by molar-refractivity contribution is 7.98. The van der Waals surface area contributed by atoms with Crippen molar-refractivity contribution in [1.29, 1.82) is 0 Å². The van der Waals surface area contributed by atoms with Crippen LogP contribution in [0.4, 0.5) is 0 Å². The normalized spacial score (nSPS) is 12.6. The van der Waals surface area contributed by atoms with Gasteiger partial charge in [-0.1, -0.05) is 0 Å². The minimum absolute atomic E-state index is 0.412. The largest absolute Gasteiger partial charge is 0.496 e. The molecule has 1 N–H and O–H groups in total. The van der Waals surface area contributed by atoms with Crippen LogP contribution in [0.5, 0.6) is 5.75 Å². The van der Waals surface area contributed by atoms with Crippen molar-refractivity contribution in [2.45, 2.75) is 26.8 Å². The second kappa shape index (κ2) is 6.31. The number of rotatable bonds is 5. The maximum Gasteiger partial charge on any atom is 0.122 e. The number of thioether (sulfide) groups is 1. The van der Waals surface area contributed by atoms with Crippen LogP contribution in [-0.2, 0) is 0 Å². The summed E-state index contributed by atoms with van der Waals surface area (Å²) in [5.41, 5.74) is 5.31. The third-order valence-electron chi connectivity index (χ3n) is 3.36. The van der Waals surface area contributed by atoms with E-state index in [1.807, 2.05) is 18.8 Å². The molecule has 0 aliphatic carbocycles. The Morgan fingerprint density at radius 2 is 1.94 bits per heavy atom. The predicted octanol–water partition coefficient (Wildman–Crippen LogP) is 3.24. The van der Waals surface area contributed by atoms with E-state index < -0.39 is 0 Å². The molecule has 0 aliphatic rings. The maximum absolute atomic E-state index is 5.41.